The highest BCUT2D eigenvalue weighted by Gasteiger charge is 2.66. The molecule has 6 aromatic rings. The average molecular weight is 1600 g/mol. The zero-order valence-corrected chi connectivity index (χ0v) is 65.6. The Kier molecular flexibility index (Phi) is 26.2. The molecule has 6 aliphatic rings. The molecule has 3 aromatic heterocycles. The van der Waals surface area contributed by atoms with Gasteiger partial charge in [0.1, 0.15) is 30.6 Å². The Morgan fingerprint density at radius 2 is 1.46 bits per heavy atom. The second kappa shape index (κ2) is 35.5. The second-order valence-corrected chi connectivity index (χ2v) is 34.2. The number of imide groups is 1. The van der Waals surface area contributed by atoms with E-state index in [4.69, 9.17) is 25.3 Å². The maximum absolute atomic E-state index is 14.1. The number of aromatic nitrogens is 4. The van der Waals surface area contributed by atoms with Crippen LogP contribution >= 0.6 is 11.3 Å². The number of benzene rings is 3. The van der Waals surface area contributed by atoms with Crippen LogP contribution in [0.15, 0.2) is 97.2 Å². The van der Waals surface area contributed by atoms with E-state index in [1.54, 1.807) is 44.3 Å². The minimum atomic E-state index is -4.55. The second-order valence-electron chi connectivity index (χ2n) is 31.6. The number of anilines is 3. The predicted molar refractivity (Wildman–Crippen MR) is 417 cm³/mol. The van der Waals surface area contributed by atoms with Crippen LogP contribution in [0.3, 0.4) is 0 Å². The standard InChI is InChI=1S/C79H98N14O18S2/c1-48(2)66(88-70(101)58(17-12-21-65(97)98)84-62(94)20-7-6-10-32-92-63(95)28-29-64(92)96)71(102)85-59(18-13-31-81-73(80)105)69(100)83-52-24-22-50(23-25-52)40-110-75(106)90(35-37-113(107,108)109)34-36-111-79-44-76(4)41-77(5,45-79)43-78(42-76,46-79)47-93-49(3)55(38-82-93)53-26-27-61(87-67(53)72(103)104)91-33-30-51-14-11-15-54(56(51)39-91)68(99)89-74-86-57-16-8-9-19-60(57)112-74/h8-9,11,14-16,19,22-29,38,48,58-59,66H,6-7,10,12-13,17-18,20-21,30-37,39-47H2,1-5H3,(H,83,100)(H,84,94)(H,85,102)(H,88,101)(H,97,98)(H,103,104)(H3,80,81,105)(H,86,89,99)(H,107,108,109)/t58-,59-,66-,76?,77?,78?,79?/m0/s1. The van der Waals surface area contributed by atoms with Gasteiger partial charge >= 0.3 is 24.1 Å². The molecular weight excluding hydrogens is 1500 g/mol. The number of carbonyl (C=O) groups excluding carboxylic acids is 9. The van der Waals surface area contributed by atoms with E-state index in [1.807, 2.05) is 59.0 Å². The van der Waals surface area contributed by atoms with Crippen LogP contribution in [-0.2, 0) is 79.3 Å². The van der Waals surface area contributed by atoms with Gasteiger partial charge in [0.05, 0.1) is 34.4 Å². The quantitative estimate of drug-likeness (QED) is 0.00989. The molecule has 4 saturated carbocycles. The van der Waals surface area contributed by atoms with Gasteiger partial charge in [-0.15, -0.1) is 0 Å². The van der Waals surface area contributed by atoms with Crippen LogP contribution in [-0.4, -0.2) is 187 Å². The van der Waals surface area contributed by atoms with Gasteiger partial charge in [0.2, 0.25) is 23.6 Å². The van der Waals surface area contributed by atoms with Crippen molar-refractivity contribution in [2.45, 2.75) is 181 Å². The maximum Gasteiger partial charge on any atom is 0.410 e. The summed E-state index contributed by atoms with van der Waals surface area (Å²) in [6.07, 6.45) is 9.57. The predicted octanol–water partition coefficient (Wildman–Crippen LogP) is 8.28. The molecule has 0 spiro atoms. The van der Waals surface area contributed by atoms with E-state index in [0.717, 1.165) is 68.9 Å². The van der Waals surface area contributed by atoms with E-state index in [9.17, 15) is 75.9 Å². The first-order valence-corrected chi connectivity index (χ1v) is 40.5. The molecule has 4 aliphatic carbocycles. The van der Waals surface area contributed by atoms with Crippen molar-refractivity contribution in [3.05, 3.63) is 131 Å². The number of unbranched alkanes of at least 4 members (excludes halogenated alkanes) is 2. The number of nitrogens with zero attached hydrogens (tertiary/aromatic N) is 7. The van der Waals surface area contributed by atoms with E-state index in [1.165, 1.54) is 35.6 Å². The number of thiazole rings is 1. The highest BCUT2D eigenvalue weighted by atomic mass is 32.2. The highest BCUT2D eigenvalue weighted by Crippen LogP contribution is 2.72. The molecule has 32 nitrogen and oxygen atoms in total. The topological polar surface area (TPSA) is 453 Å². The van der Waals surface area contributed by atoms with E-state index >= 15 is 0 Å². The fourth-order valence-electron chi connectivity index (χ4n) is 17.7. The van der Waals surface area contributed by atoms with Crippen molar-refractivity contribution in [2.75, 3.05) is 60.6 Å². The normalized spacial score (nSPS) is 20.3. The van der Waals surface area contributed by atoms with Crippen LogP contribution in [0.5, 0.6) is 0 Å². The number of amides is 10. The Hall–Kier alpha value is -10.7. The van der Waals surface area contributed by atoms with Crippen LogP contribution in [0.25, 0.3) is 21.3 Å². The van der Waals surface area contributed by atoms with Crippen LogP contribution in [0, 0.1) is 29.1 Å². The maximum atomic E-state index is 14.1. The first-order valence-electron chi connectivity index (χ1n) is 38.1. The third-order valence-electron chi connectivity index (χ3n) is 21.8. The molecule has 11 N–H and O–H groups in total. The van der Waals surface area contributed by atoms with Gasteiger partial charge in [-0.25, -0.2) is 24.4 Å². The zero-order chi connectivity index (χ0) is 81.2. The van der Waals surface area contributed by atoms with E-state index < -0.39 is 112 Å². The number of urea groups is 1. The Morgan fingerprint density at radius 3 is 2.15 bits per heavy atom. The molecular formula is C79H98N14O18S2. The summed E-state index contributed by atoms with van der Waals surface area (Å²) >= 11 is 1.39. The molecule has 3 aromatic carbocycles. The summed E-state index contributed by atoms with van der Waals surface area (Å²) in [4.78, 5) is 157. The van der Waals surface area contributed by atoms with Crippen LogP contribution in [0.2, 0.25) is 0 Å². The number of hydrogen-bond acceptors (Lipinski definition) is 20. The first-order chi connectivity index (χ1) is 53.7. The number of aromatic carboxylic acids is 1. The SMILES string of the molecule is Cc1c(-c2ccc(N3CCc4cccc(C(=O)Nc5nc6ccccc6s5)c4C3)nc2C(=O)O)cnn1CC12CC3(C)CC(C)(C1)CC(OCCN(CCS(=O)(=O)O)C(=O)OCc1ccc(NC(=O)[C@H](CCCNC(N)=O)NC(=O)[C@@H](NC(=O)[C@H](CCCC(=O)O)NC(=O)CCCCCN4C(=O)C=CC4=O)C(C)C)cc1)(C3)C2. The lowest BCUT2D eigenvalue weighted by molar-refractivity contribution is -0.248. The number of carboxylic acids is 2. The number of hydrogen-bond donors (Lipinski definition) is 10. The number of rotatable bonds is 38. The minimum absolute atomic E-state index is 0.000746. The van der Waals surface area contributed by atoms with Gasteiger partial charge in [-0.2, -0.15) is 13.5 Å². The largest absolute Gasteiger partial charge is 0.481 e. The molecule has 5 heterocycles. The molecule has 0 saturated heterocycles. The third-order valence-corrected chi connectivity index (χ3v) is 23.4. The van der Waals surface area contributed by atoms with Crippen molar-refractivity contribution in [3.63, 3.8) is 0 Å². The summed E-state index contributed by atoms with van der Waals surface area (Å²) in [5.74, 6) is -7.14. The summed E-state index contributed by atoms with van der Waals surface area (Å²) < 4.78 is 49.8. The van der Waals surface area contributed by atoms with E-state index in [0.29, 0.717) is 84.9 Å². The Balaban J connectivity index is 0.696. The average Bonchev–Trinajstić information content (AvgIpc) is 0.890. The van der Waals surface area contributed by atoms with Crippen molar-refractivity contribution >= 4 is 114 Å². The van der Waals surface area contributed by atoms with Gasteiger partial charge < -0.3 is 61.8 Å². The molecule has 0 radical (unpaired) electrons. The highest BCUT2D eigenvalue weighted by molar-refractivity contribution is 7.85. The smallest absolute Gasteiger partial charge is 0.410 e. The Morgan fingerprint density at radius 1 is 0.743 bits per heavy atom. The molecule has 10 amide bonds. The van der Waals surface area contributed by atoms with Crippen molar-refractivity contribution in [1.82, 2.24) is 50.8 Å². The van der Waals surface area contributed by atoms with Crippen LogP contribution < -0.4 is 42.5 Å². The number of para-hydroxylation sites is 1. The minimum Gasteiger partial charge on any atom is -0.481 e. The van der Waals surface area contributed by atoms with Gasteiger partial charge in [0, 0.05) is 98.9 Å². The molecule has 2 aliphatic heterocycles. The summed E-state index contributed by atoms with van der Waals surface area (Å²) in [5.41, 5.74) is 9.54. The number of carboxylic acid groups (broad SMARTS) is 2. The molecule has 604 valence electrons. The Bertz CT molecular complexity index is 4700. The Labute approximate surface area is 657 Å². The number of nitrogens with one attached hydrogen (secondary N) is 6. The third kappa shape index (κ3) is 21.3. The number of fused-ring (bicyclic) bond motifs is 2. The van der Waals surface area contributed by atoms with Crippen LogP contribution in [0.4, 0.5) is 26.2 Å². The number of aliphatic carboxylic acids is 1. The molecule has 2 unspecified atom stereocenters. The zero-order valence-electron chi connectivity index (χ0n) is 63.9. The van der Waals surface area contributed by atoms with Gasteiger partial charge in [-0.1, -0.05) is 81.9 Å². The van der Waals surface area contributed by atoms with Gasteiger partial charge in [0.15, 0.2) is 10.8 Å². The number of ether oxygens (including phenoxy) is 2. The molecule has 4 bridgehead atoms. The molecule has 5 atom stereocenters. The lowest BCUT2D eigenvalue weighted by Gasteiger charge is -2.69. The number of primary amides is 1. The van der Waals surface area contributed by atoms with Crippen molar-refractivity contribution in [2.24, 2.45) is 27.9 Å². The lowest BCUT2D eigenvalue weighted by Crippen LogP contribution is -2.64. The fourth-order valence-corrected chi connectivity index (χ4v) is 19.0. The van der Waals surface area contributed by atoms with Crippen molar-refractivity contribution in [1.29, 1.82) is 0 Å². The fraction of sp³-hybridized carbons (Fsp3) is 0.494. The molecule has 12 rings (SSSR count). The monoisotopic (exact) mass is 1590 g/mol. The van der Waals surface area contributed by atoms with Crippen LogP contribution in [0.1, 0.15) is 167 Å². The van der Waals surface area contributed by atoms with Crippen molar-refractivity contribution in [3.8, 4) is 11.1 Å². The number of nitrogens with two attached hydrogens (primary N) is 1. The number of carbonyl (C=O) groups is 11. The lowest BCUT2D eigenvalue weighted by atomic mass is 9.39. The van der Waals surface area contributed by atoms with E-state index in [-0.39, 0.29) is 105 Å². The van der Waals surface area contributed by atoms with Crippen molar-refractivity contribution < 1.29 is 85.4 Å². The summed E-state index contributed by atoms with van der Waals surface area (Å²) in [6, 6.07) is 18.5. The van der Waals surface area contributed by atoms with Gasteiger partial charge in [-0.3, -0.25) is 57.8 Å². The summed E-state index contributed by atoms with van der Waals surface area (Å²) in [6.45, 7) is 10.5. The van der Waals surface area contributed by atoms with Gasteiger partial charge in [0.25, 0.3) is 27.8 Å². The van der Waals surface area contributed by atoms with Gasteiger partial charge in [-0.05, 0) is 172 Å². The number of pyridine rings is 1. The summed E-state index contributed by atoms with van der Waals surface area (Å²) in [7, 11) is -4.55. The molecule has 113 heavy (non-hydrogen) atoms. The summed E-state index contributed by atoms with van der Waals surface area (Å²) in [5, 5.41) is 41.7. The first kappa shape index (κ1) is 83.2. The molecule has 34 heteroatoms. The van der Waals surface area contributed by atoms with E-state index in [2.05, 4.69) is 50.7 Å². The molecule has 4 fully saturated rings.